The highest BCUT2D eigenvalue weighted by Gasteiger charge is 2.17. The molecule has 1 aromatic carbocycles. The summed E-state index contributed by atoms with van der Waals surface area (Å²) in [6, 6.07) is 8.60. The van der Waals surface area contributed by atoms with Crippen LogP contribution >= 0.6 is 11.3 Å². The maximum absolute atomic E-state index is 12.0. The van der Waals surface area contributed by atoms with Crippen molar-refractivity contribution in [1.82, 2.24) is 15.2 Å². The summed E-state index contributed by atoms with van der Waals surface area (Å²) in [5.74, 6) is 0. The first-order valence-electron chi connectivity index (χ1n) is 5.88. The number of sulfonamides is 1. The molecule has 108 valence electrons. The van der Waals surface area contributed by atoms with Crippen LogP contribution in [-0.4, -0.2) is 23.6 Å². The Morgan fingerprint density at radius 2 is 2.14 bits per heavy atom. The molecule has 2 heterocycles. The van der Waals surface area contributed by atoms with Crippen molar-refractivity contribution in [2.75, 3.05) is 10.5 Å². The number of nitrogen functional groups attached to an aromatic ring is 1. The number of H-pyrrole nitrogens is 1. The van der Waals surface area contributed by atoms with E-state index in [0.717, 1.165) is 5.56 Å². The van der Waals surface area contributed by atoms with E-state index in [1.165, 1.54) is 23.6 Å². The van der Waals surface area contributed by atoms with Gasteiger partial charge in [-0.2, -0.15) is 13.5 Å². The zero-order valence-corrected chi connectivity index (χ0v) is 12.3. The molecule has 0 aliphatic heterocycles. The Kier molecular flexibility index (Phi) is 3.35. The molecular formula is C12H11N5O2S2. The number of aromatic nitrogens is 3. The molecule has 0 amide bonds. The average molecular weight is 321 g/mol. The number of nitrogens with two attached hydrogens (primary N) is 1. The minimum Gasteiger partial charge on any atom is -0.399 e. The number of nitrogens with zero attached hydrogens (tertiary/aromatic N) is 2. The number of thiazole rings is 1. The van der Waals surface area contributed by atoms with Crippen LogP contribution in [0.15, 0.2) is 46.9 Å². The topological polar surface area (TPSA) is 114 Å². The largest absolute Gasteiger partial charge is 0.399 e. The molecule has 0 radical (unpaired) electrons. The van der Waals surface area contributed by atoms with Gasteiger partial charge in [-0.15, -0.1) is 11.3 Å². The Morgan fingerprint density at radius 3 is 2.86 bits per heavy atom. The Balaban J connectivity index is 1.86. The molecule has 3 aromatic rings. The second-order valence-electron chi connectivity index (χ2n) is 4.19. The quantitative estimate of drug-likeness (QED) is 0.635. The van der Waals surface area contributed by atoms with Crippen LogP contribution in [0.5, 0.6) is 0 Å². The Morgan fingerprint density at radius 1 is 1.29 bits per heavy atom. The summed E-state index contributed by atoms with van der Waals surface area (Å²) in [5.41, 5.74) is 7.84. The van der Waals surface area contributed by atoms with Gasteiger partial charge in [-0.05, 0) is 18.2 Å². The standard InChI is InChI=1S/C12H11N5O2S2/c13-9-3-1-2-8(6-9)10-7-20-12(15-10)17-21(18,19)11-4-5-14-16-11/h1-7H,13H2,(H,14,16)(H,15,17). The molecule has 0 saturated carbocycles. The van der Waals surface area contributed by atoms with Crippen LogP contribution in [0.1, 0.15) is 0 Å². The lowest BCUT2D eigenvalue weighted by Crippen LogP contribution is -2.13. The van der Waals surface area contributed by atoms with Gasteiger partial charge in [0.2, 0.25) is 0 Å². The third kappa shape index (κ3) is 2.88. The van der Waals surface area contributed by atoms with Gasteiger partial charge in [0, 0.05) is 16.6 Å². The number of anilines is 2. The van der Waals surface area contributed by atoms with Gasteiger partial charge < -0.3 is 5.73 Å². The lowest BCUT2D eigenvalue weighted by Gasteiger charge is -2.01. The Hall–Kier alpha value is -2.39. The predicted octanol–water partition coefficient (Wildman–Crippen LogP) is 1.92. The maximum atomic E-state index is 12.0. The van der Waals surface area contributed by atoms with E-state index in [2.05, 4.69) is 19.9 Å². The van der Waals surface area contributed by atoms with Gasteiger partial charge in [0.1, 0.15) is 0 Å². The van der Waals surface area contributed by atoms with Crippen molar-refractivity contribution >= 4 is 32.2 Å². The third-order valence-electron chi connectivity index (χ3n) is 2.67. The molecule has 0 spiro atoms. The van der Waals surface area contributed by atoms with Crippen LogP contribution in [0.3, 0.4) is 0 Å². The van der Waals surface area contributed by atoms with Crippen LogP contribution in [0, 0.1) is 0 Å². The molecule has 0 fully saturated rings. The van der Waals surface area contributed by atoms with Crippen molar-refractivity contribution in [2.45, 2.75) is 5.03 Å². The van der Waals surface area contributed by atoms with E-state index in [-0.39, 0.29) is 10.2 Å². The highest BCUT2D eigenvalue weighted by molar-refractivity contribution is 7.92. The van der Waals surface area contributed by atoms with Crippen molar-refractivity contribution in [2.24, 2.45) is 0 Å². The van der Waals surface area contributed by atoms with Gasteiger partial charge in [0.25, 0.3) is 10.0 Å². The van der Waals surface area contributed by atoms with Crippen molar-refractivity contribution < 1.29 is 8.42 Å². The summed E-state index contributed by atoms with van der Waals surface area (Å²) in [5, 5.41) is 8.05. The number of rotatable bonds is 4. The molecule has 2 aromatic heterocycles. The second kappa shape index (κ2) is 5.19. The molecule has 7 nitrogen and oxygen atoms in total. The van der Waals surface area contributed by atoms with E-state index in [1.54, 1.807) is 17.5 Å². The second-order valence-corrected chi connectivity index (χ2v) is 6.70. The molecule has 4 N–H and O–H groups in total. The number of aromatic amines is 1. The number of benzene rings is 1. The summed E-state index contributed by atoms with van der Waals surface area (Å²) in [7, 11) is -3.69. The van der Waals surface area contributed by atoms with E-state index in [9.17, 15) is 8.42 Å². The first kappa shape index (κ1) is 13.6. The summed E-state index contributed by atoms with van der Waals surface area (Å²) < 4.78 is 26.5. The molecule has 0 aliphatic carbocycles. The lowest BCUT2D eigenvalue weighted by molar-refractivity contribution is 0.597. The smallest absolute Gasteiger partial charge is 0.280 e. The van der Waals surface area contributed by atoms with Crippen LogP contribution in [0.4, 0.5) is 10.8 Å². The predicted molar refractivity (Wildman–Crippen MR) is 81.4 cm³/mol. The lowest BCUT2D eigenvalue weighted by atomic mass is 10.1. The third-order valence-corrected chi connectivity index (χ3v) is 4.83. The fourth-order valence-electron chi connectivity index (χ4n) is 1.71. The van der Waals surface area contributed by atoms with Crippen molar-refractivity contribution in [3.8, 4) is 11.3 Å². The number of hydrogen-bond acceptors (Lipinski definition) is 6. The van der Waals surface area contributed by atoms with Crippen molar-refractivity contribution in [3.05, 3.63) is 41.9 Å². The first-order valence-corrected chi connectivity index (χ1v) is 8.24. The van der Waals surface area contributed by atoms with E-state index in [4.69, 9.17) is 5.73 Å². The van der Waals surface area contributed by atoms with Gasteiger partial charge >= 0.3 is 0 Å². The van der Waals surface area contributed by atoms with Gasteiger partial charge in [-0.3, -0.25) is 9.82 Å². The normalized spacial score (nSPS) is 11.4. The molecule has 0 atom stereocenters. The fraction of sp³-hybridized carbons (Fsp3) is 0. The van der Waals surface area contributed by atoms with Gasteiger partial charge in [0.05, 0.1) is 11.9 Å². The first-order chi connectivity index (χ1) is 10.0. The molecule has 3 rings (SSSR count). The SMILES string of the molecule is Nc1cccc(-c2csc(NS(=O)(=O)c3ccn[nH]3)n2)c1. The molecule has 0 bridgehead atoms. The van der Waals surface area contributed by atoms with Crippen LogP contribution in [0.25, 0.3) is 11.3 Å². The zero-order chi connectivity index (χ0) is 14.9. The van der Waals surface area contributed by atoms with E-state index in [1.807, 2.05) is 12.1 Å². The monoisotopic (exact) mass is 321 g/mol. The van der Waals surface area contributed by atoms with Crippen LogP contribution < -0.4 is 10.5 Å². The zero-order valence-electron chi connectivity index (χ0n) is 10.6. The van der Waals surface area contributed by atoms with Gasteiger partial charge in [-0.1, -0.05) is 12.1 Å². The van der Waals surface area contributed by atoms with Crippen molar-refractivity contribution in [3.63, 3.8) is 0 Å². The molecule has 9 heteroatoms. The Labute approximate surface area is 124 Å². The number of hydrogen-bond donors (Lipinski definition) is 3. The van der Waals surface area contributed by atoms with E-state index >= 15 is 0 Å². The summed E-state index contributed by atoms with van der Waals surface area (Å²) in [4.78, 5) is 4.26. The summed E-state index contributed by atoms with van der Waals surface area (Å²) in [6.07, 6.45) is 1.37. The summed E-state index contributed by atoms with van der Waals surface area (Å²) in [6.45, 7) is 0. The minimum atomic E-state index is -3.69. The average Bonchev–Trinajstić information content (AvgIpc) is 3.09. The highest BCUT2D eigenvalue weighted by atomic mass is 32.2. The maximum Gasteiger partial charge on any atom is 0.280 e. The Bertz CT molecular complexity index is 855. The minimum absolute atomic E-state index is 0.0109. The molecule has 0 aliphatic rings. The summed E-state index contributed by atoms with van der Waals surface area (Å²) >= 11 is 1.20. The number of nitrogens with one attached hydrogen (secondary N) is 2. The van der Waals surface area contributed by atoms with E-state index < -0.39 is 10.0 Å². The van der Waals surface area contributed by atoms with Crippen LogP contribution in [0.2, 0.25) is 0 Å². The van der Waals surface area contributed by atoms with Gasteiger partial charge in [-0.25, -0.2) is 4.98 Å². The van der Waals surface area contributed by atoms with E-state index in [0.29, 0.717) is 11.4 Å². The van der Waals surface area contributed by atoms with Crippen LogP contribution in [-0.2, 0) is 10.0 Å². The fourth-order valence-corrected chi connectivity index (χ4v) is 3.60. The molecular weight excluding hydrogens is 310 g/mol. The molecule has 0 saturated heterocycles. The highest BCUT2D eigenvalue weighted by Crippen LogP contribution is 2.27. The molecule has 21 heavy (non-hydrogen) atoms. The van der Waals surface area contributed by atoms with Crippen molar-refractivity contribution in [1.29, 1.82) is 0 Å². The molecule has 0 unspecified atom stereocenters. The van der Waals surface area contributed by atoms with Gasteiger partial charge in [0.15, 0.2) is 10.2 Å².